The molecule has 0 radical (unpaired) electrons. The van der Waals surface area contributed by atoms with E-state index in [1.54, 1.807) is 31.2 Å². The van der Waals surface area contributed by atoms with Gasteiger partial charge in [-0.05, 0) is 56.0 Å². The highest BCUT2D eigenvalue weighted by atomic mass is 32.2. The summed E-state index contributed by atoms with van der Waals surface area (Å²) in [5, 5.41) is 3.20. The molecule has 0 spiro atoms. The lowest BCUT2D eigenvalue weighted by molar-refractivity contribution is -0.116. The van der Waals surface area contributed by atoms with E-state index >= 15 is 0 Å². The van der Waals surface area contributed by atoms with Gasteiger partial charge >= 0.3 is 0 Å². The van der Waals surface area contributed by atoms with Crippen LogP contribution in [0.5, 0.6) is 0 Å². The normalized spacial score (nSPS) is 15.1. The molecule has 4 rings (SSSR count). The summed E-state index contributed by atoms with van der Waals surface area (Å²) in [5.41, 5.74) is 2.34. The SMILES string of the molecule is Cc1ccc(S(=O)(=O)N2CCCCC2)cc1NC(=O)Cn1cnc2c(C)cccc2c1=O. The van der Waals surface area contributed by atoms with Crippen molar-refractivity contribution in [3.63, 3.8) is 0 Å². The quantitative estimate of drug-likeness (QED) is 0.639. The number of nitrogens with one attached hydrogen (secondary N) is 1. The first kappa shape index (κ1) is 22.2. The molecule has 9 heteroatoms. The van der Waals surface area contributed by atoms with Gasteiger partial charge in [0, 0.05) is 18.8 Å². The van der Waals surface area contributed by atoms with Crippen LogP contribution in [0.2, 0.25) is 0 Å². The van der Waals surface area contributed by atoms with Crippen molar-refractivity contribution in [2.75, 3.05) is 18.4 Å². The van der Waals surface area contributed by atoms with Crippen molar-refractivity contribution in [3.05, 3.63) is 64.2 Å². The molecule has 2 aromatic carbocycles. The zero-order valence-corrected chi connectivity index (χ0v) is 19.0. The number of hydrogen-bond donors (Lipinski definition) is 1. The minimum atomic E-state index is -3.61. The molecule has 1 amide bonds. The summed E-state index contributed by atoms with van der Waals surface area (Å²) in [5.74, 6) is -0.434. The second kappa shape index (κ2) is 8.84. The molecule has 0 atom stereocenters. The number of carbonyl (C=O) groups excluding carboxylic acids is 1. The van der Waals surface area contributed by atoms with Gasteiger partial charge in [-0.25, -0.2) is 13.4 Å². The molecular formula is C23H26N4O4S. The molecule has 1 aromatic heterocycles. The predicted octanol–water partition coefficient (Wildman–Crippen LogP) is 2.83. The number of sulfonamides is 1. The number of nitrogens with zero attached hydrogens (tertiary/aromatic N) is 3. The van der Waals surface area contributed by atoms with Crippen LogP contribution in [0, 0.1) is 13.8 Å². The van der Waals surface area contributed by atoms with Gasteiger partial charge in [-0.1, -0.05) is 24.6 Å². The molecule has 1 saturated heterocycles. The second-order valence-corrected chi connectivity index (χ2v) is 10.1. The number of fused-ring (bicyclic) bond motifs is 1. The summed E-state index contributed by atoms with van der Waals surface area (Å²) >= 11 is 0. The molecule has 1 aliphatic rings. The van der Waals surface area contributed by atoms with Crippen molar-refractivity contribution in [3.8, 4) is 0 Å². The molecule has 0 aliphatic carbocycles. The van der Waals surface area contributed by atoms with E-state index in [1.165, 1.54) is 21.3 Å². The monoisotopic (exact) mass is 454 g/mol. The second-order valence-electron chi connectivity index (χ2n) is 8.14. The summed E-state index contributed by atoms with van der Waals surface area (Å²) in [6.07, 6.45) is 4.09. The minimum Gasteiger partial charge on any atom is -0.324 e. The molecule has 3 aromatic rings. The third-order valence-electron chi connectivity index (χ3n) is 5.81. The van der Waals surface area contributed by atoms with Gasteiger partial charge in [0.2, 0.25) is 15.9 Å². The summed E-state index contributed by atoms with van der Waals surface area (Å²) in [7, 11) is -3.61. The molecule has 0 unspecified atom stereocenters. The van der Waals surface area contributed by atoms with Crippen LogP contribution >= 0.6 is 0 Å². The van der Waals surface area contributed by atoms with E-state index in [0.29, 0.717) is 29.7 Å². The van der Waals surface area contributed by atoms with Gasteiger partial charge in [-0.2, -0.15) is 4.31 Å². The van der Waals surface area contributed by atoms with Crippen molar-refractivity contribution in [1.29, 1.82) is 0 Å². The number of rotatable bonds is 5. The van der Waals surface area contributed by atoms with Crippen LogP contribution in [0.3, 0.4) is 0 Å². The molecule has 2 heterocycles. The number of para-hydroxylation sites is 1. The van der Waals surface area contributed by atoms with Crippen LogP contribution in [0.15, 0.2) is 52.4 Å². The van der Waals surface area contributed by atoms with Gasteiger partial charge in [0.25, 0.3) is 5.56 Å². The average Bonchev–Trinajstić information content (AvgIpc) is 2.78. The first-order chi connectivity index (χ1) is 15.3. The van der Waals surface area contributed by atoms with Crippen molar-refractivity contribution in [1.82, 2.24) is 13.9 Å². The standard InChI is InChI=1S/C23H26N4O4S/c1-16-9-10-18(32(30,31)27-11-4-3-5-12-27)13-20(16)25-21(28)14-26-15-24-22-17(2)7-6-8-19(22)23(26)29/h6-10,13,15H,3-5,11-12,14H2,1-2H3,(H,25,28). The number of carbonyl (C=O) groups is 1. The van der Waals surface area contributed by atoms with Gasteiger partial charge in [0.15, 0.2) is 0 Å². The highest BCUT2D eigenvalue weighted by Gasteiger charge is 2.26. The van der Waals surface area contributed by atoms with Gasteiger partial charge in [0.05, 0.1) is 22.1 Å². The molecule has 32 heavy (non-hydrogen) atoms. The number of benzene rings is 2. The Balaban J connectivity index is 1.56. The number of anilines is 1. The number of aromatic nitrogens is 2. The smallest absolute Gasteiger partial charge is 0.261 e. The van der Waals surface area contributed by atoms with E-state index in [0.717, 1.165) is 30.4 Å². The fourth-order valence-electron chi connectivity index (χ4n) is 3.95. The summed E-state index contributed by atoms with van der Waals surface area (Å²) < 4.78 is 28.7. The van der Waals surface area contributed by atoms with Crippen molar-refractivity contribution >= 4 is 32.5 Å². The highest BCUT2D eigenvalue weighted by molar-refractivity contribution is 7.89. The van der Waals surface area contributed by atoms with E-state index in [1.807, 2.05) is 13.0 Å². The Morgan fingerprint density at radius 3 is 2.56 bits per heavy atom. The maximum atomic E-state index is 13.0. The topological polar surface area (TPSA) is 101 Å². The van der Waals surface area contributed by atoms with Crippen molar-refractivity contribution in [2.24, 2.45) is 0 Å². The van der Waals surface area contributed by atoms with Crippen molar-refractivity contribution < 1.29 is 13.2 Å². The average molecular weight is 455 g/mol. The highest BCUT2D eigenvalue weighted by Crippen LogP contribution is 2.25. The molecule has 1 aliphatic heterocycles. The lowest BCUT2D eigenvalue weighted by atomic mass is 10.1. The van der Waals surface area contributed by atoms with Crippen molar-refractivity contribution in [2.45, 2.75) is 44.6 Å². The van der Waals surface area contributed by atoms with E-state index in [-0.39, 0.29) is 17.0 Å². The predicted molar refractivity (Wildman–Crippen MR) is 123 cm³/mol. The van der Waals surface area contributed by atoms with E-state index < -0.39 is 15.9 Å². The maximum absolute atomic E-state index is 13.0. The van der Waals surface area contributed by atoms with E-state index in [4.69, 9.17) is 0 Å². The lowest BCUT2D eigenvalue weighted by Gasteiger charge is -2.26. The fraction of sp³-hybridized carbons (Fsp3) is 0.348. The van der Waals surface area contributed by atoms with Crippen LogP contribution in [0.1, 0.15) is 30.4 Å². The van der Waals surface area contributed by atoms with Crippen LogP contribution in [-0.4, -0.2) is 41.3 Å². The Bertz CT molecular complexity index is 1340. The molecule has 0 bridgehead atoms. The fourth-order valence-corrected chi connectivity index (χ4v) is 5.49. The summed E-state index contributed by atoms with van der Waals surface area (Å²) in [6.45, 7) is 4.46. The summed E-state index contributed by atoms with van der Waals surface area (Å²) in [6, 6.07) is 10.1. The van der Waals surface area contributed by atoms with Crippen LogP contribution in [0.4, 0.5) is 5.69 Å². The first-order valence-corrected chi connectivity index (χ1v) is 12.1. The maximum Gasteiger partial charge on any atom is 0.261 e. The summed E-state index contributed by atoms with van der Waals surface area (Å²) in [4.78, 5) is 29.9. The third-order valence-corrected chi connectivity index (χ3v) is 7.70. The zero-order valence-electron chi connectivity index (χ0n) is 18.2. The van der Waals surface area contributed by atoms with Gasteiger partial charge < -0.3 is 5.32 Å². The van der Waals surface area contributed by atoms with Crippen LogP contribution < -0.4 is 10.9 Å². The first-order valence-electron chi connectivity index (χ1n) is 10.6. The molecule has 8 nitrogen and oxygen atoms in total. The molecular weight excluding hydrogens is 428 g/mol. The van der Waals surface area contributed by atoms with E-state index in [9.17, 15) is 18.0 Å². The zero-order chi connectivity index (χ0) is 22.9. The number of amides is 1. The van der Waals surface area contributed by atoms with Crippen LogP contribution in [-0.2, 0) is 21.4 Å². The Labute approximate surface area is 186 Å². The molecule has 1 fully saturated rings. The Kier molecular flexibility index (Phi) is 6.12. The Hall–Kier alpha value is -3.04. The Morgan fingerprint density at radius 2 is 1.81 bits per heavy atom. The number of aryl methyl sites for hydroxylation is 2. The number of hydrogen-bond acceptors (Lipinski definition) is 5. The third kappa shape index (κ3) is 4.31. The molecule has 0 saturated carbocycles. The lowest BCUT2D eigenvalue weighted by Crippen LogP contribution is -2.35. The van der Waals surface area contributed by atoms with Gasteiger partial charge in [0.1, 0.15) is 6.54 Å². The van der Waals surface area contributed by atoms with Gasteiger partial charge in [-0.15, -0.1) is 0 Å². The largest absolute Gasteiger partial charge is 0.324 e. The number of piperidine rings is 1. The van der Waals surface area contributed by atoms with Gasteiger partial charge in [-0.3, -0.25) is 14.2 Å². The van der Waals surface area contributed by atoms with Crippen LogP contribution in [0.25, 0.3) is 10.9 Å². The van der Waals surface area contributed by atoms with E-state index in [2.05, 4.69) is 10.3 Å². The molecule has 1 N–H and O–H groups in total. The minimum absolute atomic E-state index is 0.153. The molecule has 168 valence electrons. The Morgan fingerprint density at radius 1 is 1.06 bits per heavy atom.